The first kappa shape index (κ1) is 18.5. The number of hydrogen-bond acceptors (Lipinski definition) is 4. The molecular formula is C22H23N3O2. The summed E-state index contributed by atoms with van der Waals surface area (Å²) in [6, 6.07) is 19.1. The van der Waals surface area contributed by atoms with Crippen LogP contribution in [0.4, 0.5) is 0 Å². The lowest BCUT2D eigenvalue weighted by molar-refractivity contribution is 0.0936. The van der Waals surface area contributed by atoms with Gasteiger partial charge in [0.25, 0.3) is 5.91 Å². The average Bonchev–Trinajstić information content (AvgIpc) is 3.16. The number of benzene rings is 2. The first-order valence-electron chi connectivity index (χ1n) is 9.02. The van der Waals surface area contributed by atoms with Gasteiger partial charge in [-0.2, -0.15) is 5.26 Å². The van der Waals surface area contributed by atoms with Crippen LogP contribution in [0.3, 0.4) is 0 Å². The average molecular weight is 361 g/mol. The molecule has 1 saturated carbocycles. The van der Waals surface area contributed by atoms with E-state index >= 15 is 0 Å². The second kappa shape index (κ2) is 8.41. The molecule has 0 bridgehead atoms. The van der Waals surface area contributed by atoms with Gasteiger partial charge in [-0.05, 0) is 49.6 Å². The van der Waals surface area contributed by atoms with Crippen molar-refractivity contribution in [3.63, 3.8) is 0 Å². The third-order valence-corrected chi connectivity index (χ3v) is 4.92. The molecule has 5 nitrogen and oxygen atoms in total. The molecule has 138 valence electrons. The molecule has 2 aromatic carbocycles. The molecule has 1 aliphatic carbocycles. The highest BCUT2D eigenvalue weighted by Gasteiger charge is 2.29. The molecule has 2 atom stereocenters. The zero-order chi connectivity index (χ0) is 19.2. The van der Waals surface area contributed by atoms with Gasteiger partial charge in [-0.15, -0.1) is 0 Å². The third kappa shape index (κ3) is 4.68. The normalized spacial score (nSPS) is 18.4. The van der Waals surface area contributed by atoms with E-state index in [0.29, 0.717) is 17.0 Å². The van der Waals surface area contributed by atoms with Crippen LogP contribution in [-0.2, 0) is 0 Å². The summed E-state index contributed by atoms with van der Waals surface area (Å²) >= 11 is 0. The minimum Gasteiger partial charge on any atom is -0.457 e. The summed E-state index contributed by atoms with van der Waals surface area (Å²) in [7, 11) is 1.88. The zero-order valence-electron chi connectivity index (χ0n) is 15.4. The van der Waals surface area contributed by atoms with Crippen LogP contribution in [0.1, 0.15) is 29.6 Å². The minimum atomic E-state index is -0.110. The molecule has 2 aromatic rings. The third-order valence-electron chi connectivity index (χ3n) is 4.92. The Labute approximate surface area is 159 Å². The van der Waals surface area contributed by atoms with Crippen LogP contribution >= 0.6 is 0 Å². The fourth-order valence-corrected chi connectivity index (χ4v) is 3.33. The van der Waals surface area contributed by atoms with Gasteiger partial charge in [0, 0.05) is 24.7 Å². The number of rotatable bonds is 6. The fourth-order valence-electron chi connectivity index (χ4n) is 3.33. The van der Waals surface area contributed by atoms with E-state index in [1.54, 1.807) is 12.1 Å². The Morgan fingerprint density at radius 3 is 2.67 bits per heavy atom. The molecule has 1 aliphatic rings. The number of nitrogens with zero attached hydrogens (tertiary/aromatic N) is 2. The van der Waals surface area contributed by atoms with E-state index in [0.717, 1.165) is 25.0 Å². The number of ether oxygens (including phenoxy) is 1. The van der Waals surface area contributed by atoms with Crippen molar-refractivity contribution in [1.82, 2.24) is 10.2 Å². The first-order valence-corrected chi connectivity index (χ1v) is 9.02. The van der Waals surface area contributed by atoms with Crippen molar-refractivity contribution >= 4 is 5.91 Å². The number of nitrogens with one attached hydrogen (secondary N) is 1. The van der Waals surface area contributed by atoms with E-state index in [1.165, 1.54) is 0 Å². The number of nitriles is 1. The van der Waals surface area contributed by atoms with Crippen molar-refractivity contribution in [3.8, 4) is 17.6 Å². The lowest BCUT2D eigenvalue weighted by Gasteiger charge is -2.25. The van der Waals surface area contributed by atoms with E-state index in [1.807, 2.05) is 54.4 Å². The number of carbonyl (C=O) groups excluding carboxylic acids is 1. The Balaban J connectivity index is 1.60. The maximum Gasteiger partial charge on any atom is 0.251 e. The van der Waals surface area contributed by atoms with Crippen LogP contribution in [0.25, 0.3) is 0 Å². The van der Waals surface area contributed by atoms with Gasteiger partial charge in [-0.1, -0.05) is 30.8 Å². The lowest BCUT2D eigenvalue weighted by Crippen LogP contribution is -2.35. The van der Waals surface area contributed by atoms with Gasteiger partial charge in [-0.3, -0.25) is 4.79 Å². The van der Waals surface area contributed by atoms with Crippen molar-refractivity contribution in [2.24, 2.45) is 0 Å². The highest BCUT2D eigenvalue weighted by Crippen LogP contribution is 2.26. The molecule has 0 saturated heterocycles. The first-order chi connectivity index (χ1) is 13.1. The minimum absolute atomic E-state index is 0.0927. The summed E-state index contributed by atoms with van der Waals surface area (Å²) in [6.45, 7) is 3.76. The molecule has 0 unspecified atom stereocenters. The molecule has 0 heterocycles. The Morgan fingerprint density at radius 1 is 1.19 bits per heavy atom. The molecule has 3 rings (SSSR count). The second-order valence-corrected chi connectivity index (χ2v) is 6.75. The van der Waals surface area contributed by atoms with E-state index in [9.17, 15) is 4.79 Å². The molecule has 5 heteroatoms. The maximum absolute atomic E-state index is 12.6. The number of allylic oxidation sites excluding steroid dienone is 1. The van der Waals surface area contributed by atoms with Gasteiger partial charge in [-0.25, -0.2) is 0 Å². The smallest absolute Gasteiger partial charge is 0.251 e. The Morgan fingerprint density at radius 2 is 1.93 bits per heavy atom. The van der Waals surface area contributed by atoms with E-state index in [-0.39, 0.29) is 18.0 Å². The topological polar surface area (TPSA) is 65.4 Å². The fraction of sp³-hybridized carbons (Fsp3) is 0.273. The monoisotopic (exact) mass is 361 g/mol. The van der Waals surface area contributed by atoms with Gasteiger partial charge in [0.1, 0.15) is 23.3 Å². The summed E-state index contributed by atoms with van der Waals surface area (Å²) in [6.07, 6.45) is 2.63. The van der Waals surface area contributed by atoms with Gasteiger partial charge >= 0.3 is 0 Å². The van der Waals surface area contributed by atoms with Gasteiger partial charge in [0.05, 0.1) is 0 Å². The molecule has 1 amide bonds. The van der Waals surface area contributed by atoms with Gasteiger partial charge in [0.15, 0.2) is 0 Å². The second-order valence-electron chi connectivity index (χ2n) is 6.75. The van der Waals surface area contributed by atoms with Crippen molar-refractivity contribution < 1.29 is 9.53 Å². The number of para-hydroxylation sites is 1. The van der Waals surface area contributed by atoms with E-state index < -0.39 is 0 Å². The number of hydrogen-bond donors (Lipinski definition) is 1. The molecule has 1 fully saturated rings. The predicted octanol–water partition coefficient (Wildman–Crippen LogP) is 4.10. The van der Waals surface area contributed by atoms with Crippen LogP contribution in [0.5, 0.6) is 11.5 Å². The van der Waals surface area contributed by atoms with Gasteiger partial charge < -0.3 is 15.0 Å². The molecular weight excluding hydrogens is 338 g/mol. The Kier molecular flexibility index (Phi) is 5.77. The predicted molar refractivity (Wildman–Crippen MR) is 104 cm³/mol. The summed E-state index contributed by atoms with van der Waals surface area (Å²) < 4.78 is 5.80. The number of amides is 1. The van der Waals surface area contributed by atoms with Crippen LogP contribution in [-0.4, -0.2) is 29.9 Å². The van der Waals surface area contributed by atoms with Crippen molar-refractivity contribution in [3.05, 3.63) is 72.4 Å². The number of carbonyl (C=O) groups is 1. The quantitative estimate of drug-likeness (QED) is 0.787. The molecule has 27 heavy (non-hydrogen) atoms. The maximum atomic E-state index is 12.6. The molecule has 1 N–H and O–H groups in total. The Bertz CT molecular complexity index is 857. The highest BCUT2D eigenvalue weighted by atomic mass is 16.5. The Hall–Kier alpha value is -3.26. The summed E-state index contributed by atoms with van der Waals surface area (Å²) in [5.74, 6) is 1.25. The van der Waals surface area contributed by atoms with E-state index in [2.05, 4.69) is 18.0 Å². The molecule has 0 radical (unpaired) electrons. The zero-order valence-corrected chi connectivity index (χ0v) is 15.4. The molecule has 0 spiro atoms. The standard InChI is InChI=1S/C22H23N3O2/c1-16(15-23)25(2)19-12-11-18(14-19)24-22(26)17-7-6-10-21(13-17)27-20-8-4-3-5-9-20/h3-10,13,18-19H,1,11-12,14H2,2H3,(H,24,26)/t18-,19+/m1/s1. The summed E-state index contributed by atoms with van der Waals surface area (Å²) in [4.78, 5) is 14.5. The van der Waals surface area contributed by atoms with Crippen LogP contribution in [0.15, 0.2) is 66.9 Å². The largest absolute Gasteiger partial charge is 0.457 e. The summed E-state index contributed by atoms with van der Waals surface area (Å²) in [5, 5.41) is 12.1. The molecule has 0 aromatic heterocycles. The molecule has 0 aliphatic heterocycles. The van der Waals surface area contributed by atoms with Crippen molar-refractivity contribution in [2.45, 2.75) is 31.3 Å². The highest BCUT2D eigenvalue weighted by molar-refractivity contribution is 5.94. The van der Waals surface area contributed by atoms with Crippen molar-refractivity contribution in [2.75, 3.05) is 7.05 Å². The van der Waals surface area contributed by atoms with Crippen molar-refractivity contribution in [1.29, 1.82) is 5.26 Å². The van der Waals surface area contributed by atoms with E-state index in [4.69, 9.17) is 10.00 Å². The van der Waals surface area contributed by atoms with Crippen LogP contribution in [0.2, 0.25) is 0 Å². The lowest BCUT2D eigenvalue weighted by atomic mass is 10.1. The SMILES string of the molecule is C=C(C#N)N(C)[C@H]1CC[C@@H](NC(=O)c2cccc(Oc3ccccc3)c2)C1. The van der Waals surface area contributed by atoms with Gasteiger partial charge in [0.2, 0.25) is 0 Å². The van der Waals surface area contributed by atoms with Crippen LogP contribution < -0.4 is 10.1 Å². The van der Waals surface area contributed by atoms with Crippen LogP contribution in [0, 0.1) is 11.3 Å². The summed E-state index contributed by atoms with van der Waals surface area (Å²) in [5.41, 5.74) is 1.03.